The molecule has 0 radical (unpaired) electrons. The quantitative estimate of drug-likeness (QED) is 0.492. The highest BCUT2D eigenvalue weighted by Crippen LogP contribution is 2.43. The van der Waals surface area contributed by atoms with Gasteiger partial charge in [-0.3, -0.25) is 4.90 Å². The molecule has 2 aliphatic carbocycles. The molecule has 2 saturated heterocycles. The summed E-state index contributed by atoms with van der Waals surface area (Å²) in [6.45, 7) is 3.02. The first-order valence-corrected chi connectivity index (χ1v) is 14.8. The van der Waals surface area contributed by atoms with Gasteiger partial charge in [0.05, 0.1) is 5.75 Å². The van der Waals surface area contributed by atoms with Crippen molar-refractivity contribution in [3.05, 3.63) is 82.7 Å². The van der Waals surface area contributed by atoms with Crippen molar-refractivity contribution in [3.63, 3.8) is 0 Å². The van der Waals surface area contributed by atoms with Gasteiger partial charge in [0.2, 0.25) is 10.0 Å². The number of likely N-dealkylation sites (tertiary alicyclic amines) is 1. The molecule has 0 aromatic heterocycles. The van der Waals surface area contributed by atoms with Gasteiger partial charge in [-0.05, 0) is 79.4 Å². The van der Waals surface area contributed by atoms with Crippen LogP contribution < -0.4 is 0 Å². The lowest BCUT2D eigenvalue weighted by Gasteiger charge is -2.40. The Hall–Kier alpha value is -2.02. The van der Waals surface area contributed by atoms with Gasteiger partial charge in [0.15, 0.2) is 0 Å². The molecule has 4 nitrogen and oxygen atoms in total. The topological polar surface area (TPSA) is 40.6 Å². The van der Waals surface area contributed by atoms with E-state index in [2.05, 4.69) is 41.3 Å². The zero-order valence-corrected chi connectivity index (χ0v) is 21.1. The molecular weight excluding hydrogens is 459 g/mol. The van der Waals surface area contributed by atoms with Gasteiger partial charge in [-0.25, -0.2) is 17.1 Å². The number of sulfonamides is 1. The van der Waals surface area contributed by atoms with Crippen molar-refractivity contribution in [2.75, 3.05) is 31.9 Å². The van der Waals surface area contributed by atoms with Crippen LogP contribution in [0.3, 0.4) is 0 Å². The third-order valence-electron chi connectivity index (χ3n) is 8.76. The van der Waals surface area contributed by atoms with Crippen LogP contribution in [0.5, 0.6) is 0 Å². The Balaban J connectivity index is 1.18. The van der Waals surface area contributed by atoms with Crippen LogP contribution in [-0.4, -0.2) is 55.6 Å². The van der Waals surface area contributed by atoms with Crippen LogP contribution in [0.2, 0.25) is 0 Å². The van der Waals surface area contributed by atoms with Crippen molar-refractivity contribution >= 4 is 10.0 Å². The van der Waals surface area contributed by atoms with E-state index in [0.29, 0.717) is 36.5 Å². The first-order chi connectivity index (χ1) is 17.0. The molecule has 2 heterocycles. The minimum Gasteiger partial charge on any atom is -0.299 e. The van der Waals surface area contributed by atoms with Crippen molar-refractivity contribution in [1.82, 2.24) is 9.21 Å². The highest BCUT2D eigenvalue weighted by molar-refractivity contribution is 7.89. The fourth-order valence-electron chi connectivity index (χ4n) is 6.20. The molecule has 2 aromatic rings. The number of halogens is 1. The number of benzene rings is 2. The summed E-state index contributed by atoms with van der Waals surface area (Å²) in [4.78, 5) is 2.56. The molecule has 0 spiro atoms. The van der Waals surface area contributed by atoms with Gasteiger partial charge in [-0.1, -0.05) is 55.0 Å². The Kier molecular flexibility index (Phi) is 6.32. The molecule has 1 saturated carbocycles. The largest absolute Gasteiger partial charge is 0.299 e. The molecule has 2 aliphatic heterocycles. The lowest BCUT2D eigenvalue weighted by atomic mass is 9.85. The Bertz CT molecular complexity index is 1200. The SMILES string of the molecule is O=S(=O)(CC=CC1CCC1)N1CC(c2cc3c(cc2F)CC(N2CCC2)C3Cc2ccccc2)C1. The zero-order chi connectivity index (χ0) is 24.0. The molecule has 4 aliphatic rings. The molecular formula is C29H35FN2O2S. The van der Waals surface area contributed by atoms with Gasteiger partial charge < -0.3 is 0 Å². The van der Waals surface area contributed by atoms with E-state index in [4.69, 9.17) is 0 Å². The normalized spacial score (nSPS) is 25.9. The van der Waals surface area contributed by atoms with Gasteiger partial charge >= 0.3 is 0 Å². The third-order valence-corrected chi connectivity index (χ3v) is 10.5. The van der Waals surface area contributed by atoms with Crippen LogP contribution in [0, 0.1) is 11.7 Å². The summed E-state index contributed by atoms with van der Waals surface area (Å²) in [5.41, 5.74) is 4.42. The number of fused-ring (bicyclic) bond motifs is 1. The van der Waals surface area contributed by atoms with E-state index in [1.165, 1.54) is 41.1 Å². The molecule has 0 bridgehead atoms. The number of nitrogens with zero attached hydrogens (tertiary/aromatic N) is 2. The Labute approximate surface area is 208 Å². The molecule has 2 unspecified atom stereocenters. The number of hydrogen-bond acceptors (Lipinski definition) is 3. The molecule has 0 amide bonds. The lowest BCUT2D eigenvalue weighted by molar-refractivity contribution is 0.106. The lowest BCUT2D eigenvalue weighted by Crippen LogP contribution is -2.49. The van der Waals surface area contributed by atoms with Gasteiger partial charge in [0.1, 0.15) is 5.82 Å². The molecule has 6 rings (SSSR count). The van der Waals surface area contributed by atoms with Crippen molar-refractivity contribution < 1.29 is 12.8 Å². The van der Waals surface area contributed by atoms with E-state index < -0.39 is 10.0 Å². The zero-order valence-electron chi connectivity index (χ0n) is 20.3. The van der Waals surface area contributed by atoms with Crippen molar-refractivity contribution in [3.8, 4) is 0 Å². The van der Waals surface area contributed by atoms with E-state index in [1.54, 1.807) is 6.07 Å². The predicted molar refractivity (Wildman–Crippen MR) is 138 cm³/mol. The van der Waals surface area contributed by atoms with Crippen molar-refractivity contribution in [2.45, 2.75) is 56.4 Å². The Morgan fingerprint density at radius 3 is 2.43 bits per heavy atom. The van der Waals surface area contributed by atoms with E-state index in [0.717, 1.165) is 31.5 Å². The van der Waals surface area contributed by atoms with Gasteiger partial charge in [0.25, 0.3) is 0 Å². The maximum absolute atomic E-state index is 15.3. The first kappa shape index (κ1) is 23.4. The van der Waals surface area contributed by atoms with Crippen LogP contribution in [0.4, 0.5) is 4.39 Å². The minimum atomic E-state index is -3.32. The van der Waals surface area contributed by atoms with E-state index in [1.807, 2.05) is 12.1 Å². The second kappa shape index (κ2) is 9.45. The van der Waals surface area contributed by atoms with E-state index in [-0.39, 0.29) is 17.5 Å². The molecule has 6 heteroatoms. The first-order valence-electron chi connectivity index (χ1n) is 13.2. The molecule has 0 N–H and O–H groups in total. The number of hydrogen-bond donors (Lipinski definition) is 0. The van der Waals surface area contributed by atoms with Crippen LogP contribution in [-0.2, 0) is 22.9 Å². The van der Waals surface area contributed by atoms with Crippen LogP contribution >= 0.6 is 0 Å². The molecule has 35 heavy (non-hydrogen) atoms. The molecule has 186 valence electrons. The average Bonchev–Trinajstić information content (AvgIpc) is 3.05. The summed E-state index contributed by atoms with van der Waals surface area (Å²) >= 11 is 0. The third kappa shape index (κ3) is 4.61. The van der Waals surface area contributed by atoms with E-state index in [9.17, 15) is 8.42 Å². The summed E-state index contributed by atoms with van der Waals surface area (Å²) < 4.78 is 42.3. The molecule has 2 atom stereocenters. The molecule has 3 fully saturated rings. The summed E-state index contributed by atoms with van der Waals surface area (Å²) in [7, 11) is -3.32. The average molecular weight is 495 g/mol. The van der Waals surface area contributed by atoms with Crippen molar-refractivity contribution in [2.24, 2.45) is 5.92 Å². The fourth-order valence-corrected chi connectivity index (χ4v) is 7.58. The highest BCUT2D eigenvalue weighted by Gasteiger charge is 2.41. The predicted octanol–water partition coefficient (Wildman–Crippen LogP) is 4.87. The maximum atomic E-state index is 15.3. The number of allylic oxidation sites excluding steroid dienone is 1. The Morgan fingerprint density at radius 1 is 1.00 bits per heavy atom. The van der Waals surface area contributed by atoms with Crippen LogP contribution in [0.25, 0.3) is 0 Å². The van der Waals surface area contributed by atoms with Gasteiger partial charge in [-0.2, -0.15) is 0 Å². The van der Waals surface area contributed by atoms with Gasteiger partial charge in [-0.15, -0.1) is 0 Å². The minimum absolute atomic E-state index is 0.0551. The fraction of sp³-hybridized carbons (Fsp3) is 0.517. The smallest absolute Gasteiger partial charge is 0.217 e. The maximum Gasteiger partial charge on any atom is 0.217 e. The van der Waals surface area contributed by atoms with Crippen molar-refractivity contribution in [1.29, 1.82) is 0 Å². The second-order valence-corrected chi connectivity index (χ2v) is 13.0. The van der Waals surface area contributed by atoms with Crippen LogP contribution in [0.1, 0.15) is 59.8 Å². The highest BCUT2D eigenvalue weighted by atomic mass is 32.2. The Morgan fingerprint density at radius 2 is 1.77 bits per heavy atom. The summed E-state index contributed by atoms with van der Waals surface area (Å²) in [6, 6.07) is 14.9. The monoisotopic (exact) mass is 494 g/mol. The second-order valence-electron chi connectivity index (χ2n) is 10.9. The summed E-state index contributed by atoms with van der Waals surface area (Å²) in [5, 5.41) is 0. The van der Waals surface area contributed by atoms with E-state index >= 15 is 4.39 Å². The van der Waals surface area contributed by atoms with Crippen LogP contribution in [0.15, 0.2) is 54.6 Å². The summed E-state index contributed by atoms with van der Waals surface area (Å²) in [5.74, 6) is 0.728. The molecule has 2 aromatic carbocycles. The van der Waals surface area contributed by atoms with Gasteiger partial charge in [0, 0.05) is 31.0 Å². The summed E-state index contributed by atoms with van der Waals surface area (Å²) in [6.07, 6.45) is 10.6. The standard InChI is InChI=1S/C29H35FN2O2S/c30-28-16-23-17-29(31-12-6-13-31)27(15-22-7-2-1-3-8-22)25(23)18-26(28)24-19-32(20-24)35(33,34)14-5-11-21-9-4-10-21/h1-3,5,7-8,11,16,18,21,24,27,29H,4,6,9-10,12-15,17,19-20H2. The number of rotatable bonds is 8.